The Morgan fingerprint density at radius 1 is 0.611 bits per heavy atom. The van der Waals surface area contributed by atoms with Crippen LogP contribution in [0.1, 0.15) is 25.0 Å². The van der Waals surface area contributed by atoms with Crippen molar-refractivity contribution in [2.45, 2.75) is 19.3 Å². The second kappa shape index (κ2) is 6.83. The summed E-state index contributed by atoms with van der Waals surface area (Å²) in [6.45, 7) is 4.70. The van der Waals surface area contributed by atoms with Crippen LogP contribution >= 0.6 is 0 Å². The molecule has 0 saturated heterocycles. The molecule has 1 aliphatic rings. The Morgan fingerprint density at radius 2 is 1.47 bits per heavy atom. The molecule has 5 aromatic carbocycles. The van der Waals surface area contributed by atoms with Crippen LogP contribution in [0.3, 0.4) is 0 Å². The lowest BCUT2D eigenvalue weighted by molar-refractivity contribution is 0.661. The number of rotatable bonds is 1. The molecule has 2 heterocycles. The fourth-order valence-corrected chi connectivity index (χ4v) is 6.53. The molecule has 0 aliphatic heterocycles. The van der Waals surface area contributed by atoms with Crippen molar-refractivity contribution in [2.24, 2.45) is 0 Å². The third-order valence-electron chi connectivity index (χ3n) is 8.25. The van der Waals surface area contributed by atoms with E-state index in [-0.39, 0.29) is 5.41 Å². The minimum atomic E-state index is -0.00951. The molecule has 0 radical (unpaired) electrons. The SMILES string of the molecule is CC1(C)c2ccccc2-c2cc3c(ccc4c5ccccc5n(-c5cccc6cnccc56)c34)cc21. The summed E-state index contributed by atoms with van der Waals surface area (Å²) in [6, 6.07) is 35.8. The van der Waals surface area contributed by atoms with Gasteiger partial charge in [-0.3, -0.25) is 4.98 Å². The van der Waals surface area contributed by atoms with Gasteiger partial charge in [-0.25, -0.2) is 0 Å². The van der Waals surface area contributed by atoms with E-state index in [9.17, 15) is 0 Å². The van der Waals surface area contributed by atoms with Crippen molar-refractivity contribution in [3.8, 4) is 16.8 Å². The summed E-state index contributed by atoms with van der Waals surface area (Å²) in [7, 11) is 0. The summed E-state index contributed by atoms with van der Waals surface area (Å²) < 4.78 is 2.47. The molecule has 0 spiro atoms. The maximum absolute atomic E-state index is 4.37. The van der Waals surface area contributed by atoms with E-state index in [1.165, 1.54) is 65.9 Å². The van der Waals surface area contributed by atoms with Gasteiger partial charge < -0.3 is 4.57 Å². The van der Waals surface area contributed by atoms with Crippen molar-refractivity contribution in [2.75, 3.05) is 0 Å². The number of aromatic nitrogens is 2. The molecule has 0 N–H and O–H groups in total. The Kier molecular flexibility index (Phi) is 3.76. The summed E-state index contributed by atoms with van der Waals surface area (Å²) in [4.78, 5) is 4.37. The zero-order valence-corrected chi connectivity index (χ0v) is 20.3. The third-order valence-corrected chi connectivity index (χ3v) is 8.25. The van der Waals surface area contributed by atoms with Gasteiger partial charge in [0.25, 0.3) is 0 Å². The zero-order valence-electron chi connectivity index (χ0n) is 20.3. The van der Waals surface area contributed by atoms with Gasteiger partial charge in [-0.1, -0.05) is 80.6 Å². The summed E-state index contributed by atoms with van der Waals surface area (Å²) in [5.41, 5.74) is 9.21. The Morgan fingerprint density at radius 3 is 2.42 bits per heavy atom. The molecule has 0 unspecified atom stereocenters. The standard InChI is InChI=1S/C34H24N2/c1-34(2)29-11-5-3-9-24(29)28-19-27-21(18-30(28)34)14-15-26-25-10-4-6-12-32(25)36(33(26)27)31-13-7-8-22-20-35-17-16-23(22)31/h3-20H,1-2H3. The largest absolute Gasteiger partial charge is 0.308 e. The fraction of sp³-hybridized carbons (Fsp3) is 0.0882. The second-order valence-electron chi connectivity index (χ2n) is 10.5. The quantitative estimate of drug-likeness (QED) is 0.239. The monoisotopic (exact) mass is 460 g/mol. The molecule has 8 rings (SSSR count). The van der Waals surface area contributed by atoms with E-state index in [1.807, 2.05) is 12.4 Å². The maximum Gasteiger partial charge on any atom is 0.0619 e. The molecule has 0 amide bonds. The van der Waals surface area contributed by atoms with Gasteiger partial charge in [-0.2, -0.15) is 0 Å². The second-order valence-corrected chi connectivity index (χ2v) is 10.5. The highest BCUT2D eigenvalue weighted by atomic mass is 15.0. The molecule has 0 saturated carbocycles. The first kappa shape index (κ1) is 19.8. The Hall–Kier alpha value is -4.43. The molecule has 2 aromatic heterocycles. The summed E-state index contributed by atoms with van der Waals surface area (Å²) >= 11 is 0. The molecule has 2 nitrogen and oxygen atoms in total. The van der Waals surface area contributed by atoms with Crippen LogP contribution in [0.4, 0.5) is 0 Å². The number of pyridine rings is 1. The predicted octanol–water partition coefficient (Wildman–Crippen LogP) is 8.79. The van der Waals surface area contributed by atoms with Gasteiger partial charge in [-0.15, -0.1) is 0 Å². The smallest absolute Gasteiger partial charge is 0.0619 e. The summed E-state index contributed by atoms with van der Waals surface area (Å²) in [5, 5.41) is 7.50. The predicted molar refractivity (Wildman–Crippen MR) is 151 cm³/mol. The van der Waals surface area contributed by atoms with E-state index in [4.69, 9.17) is 0 Å². The van der Waals surface area contributed by atoms with Gasteiger partial charge in [0.1, 0.15) is 0 Å². The highest BCUT2D eigenvalue weighted by Gasteiger charge is 2.35. The summed E-state index contributed by atoms with van der Waals surface area (Å²) in [6.07, 6.45) is 3.85. The lowest BCUT2D eigenvalue weighted by Gasteiger charge is -2.22. The maximum atomic E-state index is 4.37. The van der Waals surface area contributed by atoms with Gasteiger partial charge in [0, 0.05) is 44.7 Å². The van der Waals surface area contributed by atoms with E-state index >= 15 is 0 Å². The zero-order chi connectivity index (χ0) is 24.0. The van der Waals surface area contributed by atoms with E-state index in [0.29, 0.717) is 0 Å². The van der Waals surface area contributed by atoms with Crippen LogP contribution in [0, 0.1) is 0 Å². The van der Waals surface area contributed by atoms with Crippen molar-refractivity contribution in [1.29, 1.82) is 0 Å². The molecule has 2 heteroatoms. The van der Waals surface area contributed by atoms with Crippen molar-refractivity contribution in [3.05, 3.63) is 121 Å². The number of benzene rings is 5. The van der Waals surface area contributed by atoms with Crippen LogP contribution in [0.25, 0.3) is 60.2 Å². The first-order valence-corrected chi connectivity index (χ1v) is 12.6. The van der Waals surface area contributed by atoms with Crippen LogP contribution in [-0.2, 0) is 5.41 Å². The molecule has 1 aliphatic carbocycles. The molecule has 36 heavy (non-hydrogen) atoms. The number of para-hydroxylation sites is 1. The van der Waals surface area contributed by atoms with Crippen molar-refractivity contribution in [3.63, 3.8) is 0 Å². The molecular weight excluding hydrogens is 436 g/mol. The minimum Gasteiger partial charge on any atom is -0.308 e. The van der Waals surface area contributed by atoms with E-state index < -0.39 is 0 Å². The molecule has 0 atom stereocenters. The van der Waals surface area contributed by atoms with Crippen LogP contribution < -0.4 is 0 Å². The first-order valence-electron chi connectivity index (χ1n) is 12.6. The van der Waals surface area contributed by atoms with Crippen molar-refractivity contribution >= 4 is 43.4 Å². The number of nitrogens with zero attached hydrogens (tertiary/aromatic N) is 2. The van der Waals surface area contributed by atoms with Crippen LogP contribution in [0.5, 0.6) is 0 Å². The molecular formula is C34H24N2. The van der Waals surface area contributed by atoms with Gasteiger partial charge in [0.2, 0.25) is 0 Å². The lowest BCUT2D eigenvalue weighted by Crippen LogP contribution is -2.14. The van der Waals surface area contributed by atoms with Crippen LogP contribution in [-0.4, -0.2) is 9.55 Å². The number of hydrogen-bond donors (Lipinski definition) is 0. The van der Waals surface area contributed by atoms with Gasteiger partial charge >= 0.3 is 0 Å². The normalized spacial score (nSPS) is 14.1. The first-order chi connectivity index (χ1) is 17.6. The van der Waals surface area contributed by atoms with E-state index in [2.05, 4.69) is 120 Å². The topological polar surface area (TPSA) is 17.8 Å². The van der Waals surface area contributed by atoms with Gasteiger partial charge in [-0.05, 0) is 58.0 Å². The fourth-order valence-electron chi connectivity index (χ4n) is 6.53. The number of hydrogen-bond acceptors (Lipinski definition) is 1. The van der Waals surface area contributed by atoms with Crippen LogP contribution in [0.15, 0.2) is 109 Å². The molecule has 0 fully saturated rings. The average molecular weight is 461 g/mol. The highest BCUT2D eigenvalue weighted by molar-refractivity contribution is 6.20. The number of fused-ring (bicyclic) bond motifs is 9. The Balaban J connectivity index is 1.58. The van der Waals surface area contributed by atoms with E-state index in [1.54, 1.807) is 0 Å². The van der Waals surface area contributed by atoms with Crippen molar-refractivity contribution < 1.29 is 0 Å². The lowest BCUT2D eigenvalue weighted by atomic mass is 9.82. The van der Waals surface area contributed by atoms with Crippen molar-refractivity contribution in [1.82, 2.24) is 9.55 Å². The molecule has 0 bridgehead atoms. The van der Waals surface area contributed by atoms with Gasteiger partial charge in [0.15, 0.2) is 0 Å². The third kappa shape index (κ3) is 2.43. The average Bonchev–Trinajstić information content (AvgIpc) is 3.37. The summed E-state index contributed by atoms with van der Waals surface area (Å²) in [5.74, 6) is 0. The molecule has 7 aromatic rings. The Bertz CT molecular complexity index is 2020. The Labute approximate surface area is 209 Å². The van der Waals surface area contributed by atoms with Crippen LogP contribution in [0.2, 0.25) is 0 Å². The highest BCUT2D eigenvalue weighted by Crippen LogP contribution is 2.50. The van der Waals surface area contributed by atoms with Gasteiger partial charge in [0.05, 0.1) is 16.7 Å². The van der Waals surface area contributed by atoms with E-state index in [0.717, 1.165) is 5.39 Å². The minimum absolute atomic E-state index is 0.00951. The molecule has 170 valence electrons.